The van der Waals surface area contributed by atoms with Crippen LogP contribution in [0, 0.1) is 0 Å². The number of aromatic nitrogens is 3. The molecule has 0 aliphatic carbocycles. The SMILES string of the molecule is O=c1[nH]c(SCc2ccc3ccccc3n2)nc2scc(-c3ccccc3)c12. The van der Waals surface area contributed by atoms with Crippen LogP contribution < -0.4 is 5.56 Å². The van der Waals surface area contributed by atoms with Gasteiger partial charge >= 0.3 is 0 Å². The summed E-state index contributed by atoms with van der Waals surface area (Å²) in [7, 11) is 0. The van der Waals surface area contributed by atoms with Gasteiger partial charge in [0.05, 0.1) is 16.6 Å². The molecule has 0 atom stereocenters. The molecule has 3 heterocycles. The van der Waals surface area contributed by atoms with E-state index in [1.165, 1.54) is 23.1 Å². The minimum Gasteiger partial charge on any atom is -0.301 e. The lowest BCUT2D eigenvalue weighted by atomic mass is 10.1. The van der Waals surface area contributed by atoms with E-state index in [0.29, 0.717) is 16.3 Å². The van der Waals surface area contributed by atoms with Gasteiger partial charge in [0.25, 0.3) is 5.56 Å². The summed E-state index contributed by atoms with van der Waals surface area (Å²) in [6.45, 7) is 0. The van der Waals surface area contributed by atoms with Crippen molar-refractivity contribution in [3.05, 3.63) is 88.2 Å². The first-order chi connectivity index (χ1) is 13.8. The molecule has 0 aliphatic rings. The Bertz CT molecular complexity index is 1340. The third kappa shape index (κ3) is 3.21. The van der Waals surface area contributed by atoms with E-state index in [9.17, 15) is 4.79 Å². The second-order valence-electron chi connectivity index (χ2n) is 6.35. The van der Waals surface area contributed by atoms with Crippen molar-refractivity contribution < 1.29 is 0 Å². The summed E-state index contributed by atoms with van der Waals surface area (Å²) < 4.78 is 0. The molecule has 28 heavy (non-hydrogen) atoms. The van der Waals surface area contributed by atoms with Crippen LogP contribution in [0.5, 0.6) is 0 Å². The van der Waals surface area contributed by atoms with Crippen LogP contribution in [0.15, 0.2) is 82.1 Å². The number of benzene rings is 2. The minimum absolute atomic E-state index is 0.0981. The van der Waals surface area contributed by atoms with Crippen molar-refractivity contribution in [2.45, 2.75) is 10.9 Å². The van der Waals surface area contributed by atoms with Crippen LogP contribution in [-0.2, 0) is 5.75 Å². The number of thioether (sulfide) groups is 1. The molecule has 1 N–H and O–H groups in total. The van der Waals surface area contributed by atoms with Crippen LogP contribution in [0.3, 0.4) is 0 Å². The Morgan fingerprint density at radius 2 is 1.75 bits per heavy atom. The van der Waals surface area contributed by atoms with E-state index in [-0.39, 0.29) is 5.56 Å². The molecule has 0 unspecified atom stereocenters. The molecule has 0 bridgehead atoms. The maximum absolute atomic E-state index is 12.7. The van der Waals surface area contributed by atoms with Crippen molar-refractivity contribution in [1.82, 2.24) is 15.0 Å². The van der Waals surface area contributed by atoms with Gasteiger partial charge in [-0.3, -0.25) is 9.78 Å². The van der Waals surface area contributed by atoms with Crippen molar-refractivity contribution >= 4 is 44.2 Å². The smallest absolute Gasteiger partial charge is 0.260 e. The van der Waals surface area contributed by atoms with E-state index >= 15 is 0 Å². The van der Waals surface area contributed by atoms with Crippen molar-refractivity contribution in [3.8, 4) is 11.1 Å². The molecule has 0 fully saturated rings. The number of pyridine rings is 1. The molecule has 136 valence electrons. The number of hydrogen-bond acceptors (Lipinski definition) is 5. The van der Waals surface area contributed by atoms with Gasteiger partial charge in [-0.2, -0.15) is 0 Å². The lowest BCUT2D eigenvalue weighted by Crippen LogP contribution is -2.08. The Morgan fingerprint density at radius 3 is 2.64 bits per heavy atom. The molecule has 0 aliphatic heterocycles. The summed E-state index contributed by atoms with van der Waals surface area (Å²) in [5.41, 5.74) is 3.80. The van der Waals surface area contributed by atoms with E-state index in [2.05, 4.69) is 21.0 Å². The van der Waals surface area contributed by atoms with Crippen LogP contribution in [0.25, 0.3) is 32.2 Å². The monoisotopic (exact) mass is 401 g/mol. The number of aromatic amines is 1. The second kappa shape index (κ2) is 7.22. The lowest BCUT2D eigenvalue weighted by Gasteiger charge is -2.04. The average molecular weight is 402 g/mol. The molecule has 0 saturated heterocycles. The summed E-state index contributed by atoms with van der Waals surface area (Å²) in [6, 6.07) is 22.1. The number of nitrogens with one attached hydrogen (secondary N) is 1. The van der Waals surface area contributed by atoms with Crippen molar-refractivity contribution in [3.63, 3.8) is 0 Å². The fourth-order valence-electron chi connectivity index (χ4n) is 3.16. The van der Waals surface area contributed by atoms with Crippen molar-refractivity contribution in [1.29, 1.82) is 0 Å². The number of para-hydroxylation sites is 1. The van der Waals surface area contributed by atoms with Gasteiger partial charge < -0.3 is 4.98 Å². The fourth-order valence-corrected chi connectivity index (χ4v) is 4.93. The molecule has 0 amide bonds. The highest BCUT2D eigenvalue weighted by atomic mass is 32.2. The Kier molecular flexibility index (Phi) is 4.43. The van der Waals surface area contributed by atoms with Crippen LogP contribution in [0.1, 0.15) is 5.69 Å². The van der Waals surface area contributed by atoms with Crippen LogP contribution in [0.2, 0.25) is 0 Å². The largest absolute Gasteiger partial charge is 0.301 e. The maximum Gasteiger partial charge on any atom is 0.260 e. The quantitative estimate of drug-likeness (QED) is 0.319. The van der Waals surface area contributed by atoms with Gasteiger partial charge in [-0.25, -0.2) is 4.98 Å². The van der Waals surface area contributed by atoms with Gasteiger partial charge in [-0.1, -0.05) is 66.4 Å². The summed E-state index contributed by atoms with van der Waals surface area (Å²) in [5.74, 6) is 0.649. The topological polar surface area (TPSA) is 58.6 Å². The molecular weight excluding hydrogens is 386 g/mol. The molecule has 4 nitrogen and oxygen atoms in total. The predicted molar refractivity (Wildman–Crippen MR) is 117 cm³/mol. The van der Waals surface area contributed by atoms with Crippen LogP contribution in [0.4, 0.5) is 0 Å². The first-order valence-corrected chi connectivity index (χ1v) is 10.7. The zero-order valence-corrected chi connectivity index (χ0v) is 16.4. The standard InChI is InChI=1S/C22H15N3OS2/c26-20-19-17(14-6-2-1-3-7-14)13-27-21(19)25-22(24-20)28-12-16-11-10-15-8-4-5-9-18(15)23-16/h1-11,13H,12H2,(H,24,25,26). The van der Waals surface area contributed by atoms with Gasteiger partial charge in [0.2, 0.25) is 0 Å². The van der Waals surface area contributed by atoms with E-state index in [1.54, 1.807) is 0 Å². The highest BCUT2D eigenvalue weighted by Crippen LogP contribution is 2.31. The van der Waals surface area contributed by atoms with Crippen LogP contribution in [-0.4, -0.2) is 15.0 Å². The van der Waals surface area contributed by atoms with Gasteiger partial charge in [-0.15, -0.1) is 11.3 Å². The van der Waals surface area contributed by atoms with Crippen molar-refractivity contribution in [2.24, 2.45) is 0 Å². The average Bonchev–Trinajstić information content (AvgIpc) is 3.17. The molecule has 0 spiro atoms. The Balaban J connectivity index is 1.44. The maximum atomic E-state index is 12.7. The van der Waals surface area contributed by atoms with Crippen LogP contribution >= 0.6 is 23.1 Å². The Hall–Kier alpha value is -2.96. The molecular formula is C22H15N3OS2. The number of H-pyrrole nitrogens is 1. The first-order valence-electron chi connectivity index (χ1n) is 8.82. The summed E-state index contributed by atoms with van der Waals surface area (Å²) in [6.07, 6.45) is 0. The number of rotatable bonds is 4. The molecule has 3 aromatic heterocycles. The summed E-state index contributed by atoms with van der Waals surface area (Å²) in [4.78, 5) is 25.8. The van der Waals surface area contributed by atoms with Gasteiger partial charge in [0, 0.05) is 22.1 Å². The number of thiophene rings is 1. The van der Waals surface area contributed by atoms with Gasteiger partial charge in [0.15, 0.2) is 5.16 Å². The Morgan fingerprint density at radius 1 is 0.929 bits per heavy atom. The second-order valence-corrected chi connectivity index (χ2v) is 8.17. The third-order valence-electron chi connectivity index (χ3n) is 4.52. The Labute approximate surface area is 169 Å². The number of hydrogen-bond donors (Lipinski definition) is 1. The van der Waals surface area contributed by atoms with E-state index in [4.69, 9.17) is 0 Å². The normalized spacial score (nSPS) is 11.3. The van der Waals surface area contributed by atoms with E-state index < -0.39 is 0 Å². The molecule has 5 aromatic rings. The fraction of sp³-hybridized carbons (Fsp3) is 0.0455. The van der Waals surface area contributed by atoms with E-state index in [1.807, 2.05) is 66.0 Å². The van der Waals surface area contributed by atoms with E-state index in [0.717, 1.165) is 32.6 Å². The zero-order chi connectivity index (χ0) is 18.9. The molecule has 5 rings (SSSR count). The van der Waals surface area contributed by atoms with Gasteiger partial charge in [0.1, 0.15) is 4.83 Å². The van der Waals surface area contributed by atoms with Crippen molar-refractivity contribution in [2.75, 3.05) is 0 Å². The first kappa shape index (κ1) is 17.2. The highest BCUT2D eigenvalue weighted by Gasteiger charge is 2.13. The molecule has 0 radical (unpaired) electrons. The molecule has 6 heteroatoms. The molecule has 0 saturated carbocycles. The predicted octanol–water partition coefficient (Wildman–Crippen LogP) is 5.49. The summed E-state index contributed by atoms with van der Waals surface area (Å²) >= 11 is 2.99. The van der Waals surface area contributed by atoms with Gasteiger partial charge in [-0.05, 0) is 17.7 Å². The lowest BCUT2D eigenvalue weighted by molar-refractivity contribution is 0.978. The number of fused-ring (bicyclic) bond motifs is 2. The molecule has 2 aromatic carbocycles. The highest BCUT2D eigenvalue weighted by molar-refractivity contribution is 7.98. The zero-order valence-electron chi connectivity index (χ0n) is 14.8. The summed E-state index contributed by atoms with van der Waals surface area (Å²) in [5, 5.41) is 4.40. The third-order valence-corrected chi connectivity index (χ3v) is 6.30. The minimum atomic E-state index is -0.0981. The number of nitrogens with zero attached hydrogens (tertiary/aromatic N) is 2.